The van der Waals surface area contributed by atoms with Crippen molar-refractivity contribution in [2.45, 2.75) is 45.7 Å². The number of carbonyl (C=O) groups excluding carboxylic acids is 2. The van der Waals surface area contributed by atoms with E-state index in [1.165, 1.54) is 6.92 Å². The minimum absolute atomic E-state index is 0.0195. The second kappa shape index (κ2) is 8.19. The molecule has 3 amide bonds. The van der Waals surface area contributed by atoms with Gasteiger partial charge in [0.1, 0.15) is 5.69 Å². The molecular formula is C22H24F2N8O2. The van der Waals surface area contributed by atoms with Crippen LogP contribution >= 0.6 is 0 Å². The largest absolute Gasteiger partial charge is 0.366 e. The average molecular weight is 470 g/mol. The molecule has 34 heavy (non-hydrogen) atoms. The number of aryl methyl sites for hydroxylation is 2. The van der Waals surface area contributed by atoms with E-state index < -0.39 is 24.4 Å². The molecule has 3 N–H and O–H groups in total. The van der Waals surface area contributed by atoms with Gasteiger partial charge in [0.05, 0.1) is 23.2 Å². The number of alkyl halides is 2. The summed E-state index contributed by atoms with van der Waals surface area (Å²) in [7, 11) is 0. The average Bonchev–Trinajstić information content (AvgIpc) is 3.37. The minimum atomic E-state index is -2.70. The van der Waals surface area contributed by atoms with Crippen molar-refractivity contribution in [2.75, 3.05) is 28.2 Å². The number of hydrogen-bond donors (Lipinski definition) is 3. The van der Waals surface area contributed by atoms with Crippen molar-refractivity contribution in [2.24, 2.45) is 0 Å². The fraction of sp³-hybridized carbons (Fsp3) is 0.409. The number of anilines is 3. The first-order valence-electron chi connectivity index (χ1n) is 11.0. The van der Waals surface area contributed by atoms with E-state index in [0.717, 1.165) is 29.9 Å². The number of rotatable bonds is 4. The number of aromatic amines is 1. The number of urea groups is 1. The summed E-state index contributed by atoms with van der Waals surface area (Å²) in [5, 5.41) is 12.8. The molecule has 2 atom stereocenters. The van der Waals surface area contributed by atoms with Gasteiger partial charge in [0.25, 0.3) is 12.3 Å². The normalized spacial score (nSPS) is 17.8. The summed E-state index contributed by atoms with van der Waals surface area (Å²) in [6.07, 6.45) is -1.97. The van der Waals surface area contributed by atoms with E-state index in [4.69, 9.17) is 0 Å². The van der Waals surface area contributed by atoms with Crippen LogP contribution in [-0.2, 0) is 0 Å². The van der Waals surface area contributed by atoms with Gasteiger partial charge in [-0.2, -0.15) is 5.10 Å². The van der Waals surface area contributed by atoms with Crippen LogP contribution in [0.5, 0.6) is 0 Å². The number of pyridine rings is 2. The third-order valence-electron chi connectivity index (χ3n) is 6.21. The molecule has 12 heteroatoms. The van der Waals surface area contributed by atoms with E-state index in [0.29, 0.717) is 29.2 Å². The molecule has 0 aromatic carbocycles. The maximum atomic E-state index is 13.5. The lowest BCUT2D eigenvalue weighted by molar-refractivity contribution is 0.0776. The van der Waals surface area contributed by atoms with Gasteiger partial charge in [-0.1, -0.05) is 0 Å². The second-order valence-corrected chi connectivity index (χ2v) is 8.70. The maximum absolute atomic E-state index is 13.5. The Bertz CT molecular complexity index is 1290. The summed E-state index contributed by atoms with van der Waals surface area (Å²) >= 11 is 0. The molecule has 3 aromatic rings. The van der Waals surface area contributed by atoms with Crippen molar-refractivity contribution >= 4 is 40.3 Å². The van der Waals surface area contributed by atoms with Crippen LogP contribution in [0.4, 0.5) is 30.9 Å². The van der Waals surface area contributed by atoms with E-state index >= 15 is 0 Å². The minimum Gasteiger partial charge on any atom is -0.366 e. The van der Waals surface area contributed by atoms with Gasteiger partial charge in [-0.3, -0.25) is 20.1 Å². The Morgan fingerprint density at radius 2 is 2.03 bits per heavy atom. The summed E-state index contributed by atoms with van der Waals surface area (Å²) in [5.74, 6) is -0.0486. The Morgan fingerprint density at radius 1 is 1.24 bits per heavy atom. The number of aromatic nitrogens is 4. The molecule has 2 aliphatic rings. The lowest BCUT2D eigenvalue weighted by atomic mass is 10.1. The summed E-state index contributed by atoms with van der Waals surface area (Å²) < 4.78 is 25.9. The Hall–Kier alpha value is -3.83. The van der Waals surface area contributed by atoms with Crippen molar-refractivity contribution in [3.8, 4) is 0 Å². The molecule has 1 saturated heterocycles. The zero-order chi connectivity index (χ0) is 24.1. The lowest BCUT2D eigenvalue weighted by Crippen LogP contribution is -2.49. The predicted octanol–water partition coefficient (Wildman–Crippen LogP) is 2.98. The van der Waals surface area contributed by atoms with Crippen molar-refractivity contribution in [1.82, 2.24) is 25.5 Å². The Labute approximate surface area is 193 Å². The van der Waals surface area contributed by atoms with Gasteiger partial charge in [0.2, 0.25) is 0 Å². The van der Waals surface area contributed by atoms with Gasteiger partial charge in [-0.15, -0.1) is 0 Å². The van der Waals surface area contributed by atoms with Gasteiger partial charge in [0, 0.05) is 18.8 Å². The van der Waals surface area contributed by atoms with Crippen LogP contribution < -0.4 is 20.4 Å². The Kier molecular flexibility index (Phi) is 5.29. The van der Waals surface area contributed by atoms with E-state index in [-0.39, 0.29) is 11.7 Å². The predicted molar refractivity (Wildman–Crippen MR) is 123 cm³/mol. The lowest BCUT2D eigenvalue weighted by Gasteiger charge is -2.36. The van der Waals surface area contributed by atoms with Gasteiger partial charge in [-0.25, -0.2) is 23.5 Å². The third kappa shape index (κ3) is 3.68. The Morgan fingerprint density at radius 3 is 2.79 bits per heavy atom. The number of hydrogen-bond acceptors (Lipinski definition) is 6. The molecule has 5 rings (SSSR count). The van der Waals surface area contributed by atoms with Gasteiger partial charge in [-0.05, 0) is 51.0 Å². The van der Waals surface area contributed by atoms with E-state index in [2.05, 4.69) is 35.7 Å². The van der Waals surface area contributed by atoms with Crippen molar-refractivity contribution in [1.29, 1.82) is 0 Å². The fourth-order valence-corrected chi connectivity index (χ4v) is 4.52. The summed E-state index contributed by atoms with van der Waals surface area (Å²) in [5.41, 5.74) is 2.85. The number of fused-ring (bicyclic) bond motifs is 5. The van der Waals surface area contributed by atoms with Gasteiger partial charge in [0.15, 0.2) is 17.3 Å². The van der Waals surface area contributed by atoms with Crippen LogP contribution in [0.15, 0.2) is 18.2 Å². The smallest absolute Gasteiger partial charge is 0.329 e. The Balaban J connectivity index is 1.49. The van der Waals surface area contributed by atoms with Crippen LogP contribution in [0, 0.1) is 13.8 Å². The van der Waals surface area contributed by atoms with Crippen LogP contribution in [0.2, 0.25) is 0 Å². The number of amides is 3. The standard InChI is InChI=1S/C22H24F2N8O2/c1-10-8-15(21(33)26-12(3)17(23)24)27-20-16(10)31-7-6-13(9-31)32(20)22(34)28-19-14-5-4-11(2)25-18(14)29-30-19/h4-5,8,12-13,17H,6-7,9H2,1-3H3,(H,26,33)(H2,25,28,29,30,34)/t12-,13+/m1/s1. The van der Waals surface area contributed by atoms with Crippen LogP contribution in [0.3, 0.4) is 0 Å². The molecule has 178 valence electrons. The molecule has 0 aliphatic carbocycles. The number of nitrogens with zero attached hydrogens (tertiary/aromatic N) is 5. The zero-order valence-electron chi connectivity index (χ0n) is 18.9. The molecule has 0 saturated carbocycles. The molecule has 0 radical (unpaired) electrons. The first kappa shape index (κ1) is 22.0. The number of nitrogens with one attached hydrogen (secondary N) is 3. The van der Waals surface area contributed by atoms with E-state index in [9.17, 15) is 18.4 Å². The fourth-order valence-electron chi connectivity index (χ4n) is 4.52. The van der Waals surface area contributed by atoms with Crippen molar-refractivity contribution in [3.05, 3.63) is 35.2 Å². The number of halogens is 2. The summed E-state index contributed by atoms with van der Waals surface area (Å²) in [6.45, 7) is 6.28. The monoisotopic (exact) mass is 470 g/mol. The quantitative estimate of drug-likeness (QED) is 0.539. The molecule has 0 spiro atoms. The molecule has 0 unspecified atom stereocenters. The van der Waals surface area contributed by atoms with Crippen molar-refractivity contribution < 1.29 is 18.4 Å². The van der Waals surface area contributed by atoms with E-state index in [1.807, 2.05) is 26.0 Å². The zero-order valence-corrected chi connectivity index (χ0v) is 18.9. The van der Waals surface area contributed by atoms with Crippen LogP contribution in [-0.4, -0.2) is 63.7 Å². The summed E-state index contributed by atoms with van der Waals surface area (Å²) in [4.78, 5) is 38.6. The van der Waals surface area contributed by atoms with Crippen molar-refractivity contribution in [3.63, 3.8) is 0 Å². The molecule has 3 aromatic heterocycles. The highest BCUT2D eigenvalue weighted by molar-refractivity contribution is 6.08. The SMILES string of the molecule is Cc1ccc2c(NC(=O)N3c4nc(C(=O)N[C@H](C)C(F)F)cc(C)c4N4CC[C@H]3C4)n[nH]c2n1. The van der Waals surface area contributed by atoms with Gasteiger partial charge < -0.3 is 10.2 Å². The first-order chi connectivity index (χ1) is 16.2. The second-order valence-electron chi connectivity index (χ2n) is 8.70. The third-order valence-corrected chi connectivity index (χ3v) is 6.21. The van der Waals surface area contributed by atoms with Crippen LogP contribution in [0.1, 0.15) is 35.1 Å². The number of H-pyrrole nitrogens is 1. The molecular weight excluding hydrogens is 446 g/mol. The number of carbonyl (C=O) groups is 2. The highest BCUT2D eigenvalue weighted by Gasteiger charge is 2.42. The van der Waals surface area contributed by atoms with Gasteiger partial charge >= 0.3 is 6.03 Å². The first-order valence-corrected chi connectivity index (χ1v) is 11.0. The molecule has 2 bridgehead atoms. The summed E-state index contributed by atoms with van der Waals surface area (Å²) in [6, 6.07) is 3.31. The van der Waals surface area contributed by atoms with E-state index in [1.54, 1.807) is 11.0 Å². The molecule has 5 heterocycles. The highest BCUT2D eigenvalue weighted by atomic mass is 19.3. The van der Waals surface area contributed by atoms with Crippen LogP contribution in [0.25, 0.3) is 11.0 Å². The molecule has 2 aliphatic heterocycles. The topological polar surface area (TPSA) is 119 Å². The maximum Gasteiger partial charge on any atom is 0.329 e. The molecule has 10 nitrogen and oxygen atoms in total. The highest BCUT2D eigenvalue weighted by Crippen LogP contribution is 2.41. The molecule has 1 fully saturated rings.